The molecular formula is C43H71F2NO7. The van der Waals surface area contributed by atoms with E-state index in [2.05, 4.69) is 32.7 Å². The second kappa shape index (κ2) is 17.6. The van der Waals surface area contributed by atoms with Crippen molar-refractivity contribution in [2.24, 2.45) is 63.1 Å². The number of fused-ring (bicyclic) bond motifs is 7. The molecule has 8 nitrogen and oxygen atoms in total. The minimum atomic E-state index is -3.21. The predicted octanol–water partition coefficient (Wildman–Crippen LogP) is 9.03. The van der Waals surface area contributed by atoms with Gasteiger partial charge in [-0.15, -0.1) is 6.58 Å². The summed E-state index contributed by atoms with van der Waals surface area (Å²) in [6.45, 7) is 20.0. The van der Waals surface area contributed by atoms with Crippen LogP contribution in [-0.4, -0.2) is 59.5 Å². The number of carboxylic acid groups (broad SMARTS) is 1. The number of allylic oxidation sites excluding steroid dienone is 1. The Bertz CT molecular complexity index is 1300. The summed E-state index contributed by atoms with van der Waals surface area (Å²) in [5.74, 6) is -3.78. The average Bonchev–Trinajstić information content (AvgIpc) is 3.69. The van der Waals surface area contributed by atoms with Crippen molar-refractivity contribution in [3.8, 4) is 0 Å². The predicted molar refractivity (Wildman–Crippen MR) is 203 cm³/mol. The highest BCUT2D eigenvalue weighted by Crippen LogP contribution is 2.72. The minimum Gasteiger partial charge on any atom is -0.481 e. The number of aliphatic hydroxyl groups is 1. The second-order valence-corrected chi connectivity index (χ2v) is 18.1. The molecule has 6 saturated carbocycles. The second-order valence-electron chi connectivity index (χ2n) is 18.1. The zero-order valence-electron chi connectivity index (χ0n) is 34.1. The SMILES string of the molecule is C=CC.CC.CC1C(OC(=O)CC(C)(C)C=O)CCC2(C)C1CCC1(C)C3CCC4(C(=O)NC5CC(C(=O)O)CC5(F)F)CCCC4C3CCC21.CO. The van der Waals surface area contributed by atoms with Crippen molar-refractivity contribution >= 4 is 24.1 Å². The van der Waals surface area contributed by atoms with E-state index in [1.54, 1.807) is 19.9 Å². The van der Waals surface area contributed by atoms with Crippen LogP contribution in [0.1, 0.15) is 145 Å². The van der Waals surface area contributed by atoms with Gasteiger partial charge in [-0.2, -0.15) is 0 Å². The maximum absolute atomic E-state index is 14.8. The number of hydrogen-bond acceptors (Lipinski definition) is 6. The first-order valence-corrected chi connectivity index (χ1v) is 20.5. The maximum atomic E-state index is 14.8. The van der Waals surface area contributed by atoms with Crippen LogP contribution < -0.4 is 5.32 Å². The molecule has 0 aliphatic heterocycles. The van der Waals surface area contributed by atoms with Gasteiger partial charge in [0.05, 0.1) is 23.8 Å². The normalized spacial score (nSPS) is 40.6. The molecule has 0 aromatic rings. The molecule has 53 heavy (non-hydrogen) atoms. The van der Waals surface area contributed by atoms with Gasteiger partial charge in [0.1, 0.15) is 12.4 Å². The van der Waals surface area contributed by atoms with Crippen molar-refractivity contribution < 1.29 is 42.9 Å². The molecule has 0 aromatic carbocycles. The molecule has 0 aromatic heterocycles. The molecule has 12 unspecified atom stereocenters. The molecule has 0 bridgehead atoms. The van der Waals surface area contributed by atoms with Crippen molar-refractivity contribution in [2.75, 3.05) is 7.11 Å². The molecule has 304 valence electrons. The smallest absolute Gasteiger partial charge is 0.307 e. The topological polar surface area (TPSA) is 130 Å². The number of nitrogens with one attached hydrogen (secondary N) is 1. The van der Waals surface area contributed by atoms with E-state index < -0.39 is 41.1 Å². The number of hydrogen-bond donors (Lipinski definition) is 3. The third-order valence-corrected chi connectivity index (χ3v) is 14.9. The quantitative estimate of drug-likeness (QED) is 0.135. The van der Waals surface area contributed by atoms with E-state index in [0.717, 1.165) is 84.0 Å². The Labute approximate surface area is 318 Å². The van der Waals surface area contributed by atoms with Crippen LogP contribution in [0.2, 0.25) is 0 Å². The van der Waals surface area contributed by atoms with Crippen molar-refractivity contribution in [3.05, 3.63) is 12.7 Å². The van der Waals surface area contributed by atoms with Crippen LogP contribution in [0.5, 0.6) is 0 Å². The summed E-state index contributed by atoms with van der Waals surface area (Å²) >= 11 is 0. The monoisotopic (exact) mass is 752 g/mol. The summed E-state index contributed by atoms with van der Waals surface area (Å²) in [5, 5.41) is 19.1. The molecule has 6 rings (SSSR count). The molecule has 0 saturated heterocycles. The fraction of sp³-hybridized carbons (Fsp3) is 0.860. The third-order valence-electron chi connectivity index (χ3n) is 14.9. The van der Waals surface area contributed by atoms with Gasteiger partial charge in [0.25, 0.3) is 5.92 Å². The van der Waals surface area contributed by atoms with Crippen molar-refractivity contribution in [2.45, 2.75) is 163 Å². The molecule has 1 amide bonds. The summed E-state index contributed by atoms with van der Waals surface area (Å²) < 4.78 is 35.7. The highest BCUT2D eigenvalue weighted by Gasteiger charge is 2.66. The number of aliphatic hydroxyl groups excluding tert-OH is 1. The minimum absolute atomic E-state index is 0.0953. The molecule has 3 N–H and O–H groups in total. The Morgan fingerprint density at radius 2 is 1.51 bits per heavy atom. The summed E-state index contributed by atoms with van der Waals surface area (Å²) in [4.78, 5) is 49.6. The molecule has 0 heterocycles. The number of rotatable bonds is 7. The van der Waals surface area contributed by atoms with E-state index in [4.69, 9.17) is 9.84 Å². The van der Waals surface area contributed by atoms with Crippen LogP contribution in [0.3, 0.4) is 0 Å². The van der Waals surface area contributed by atoms with Gasteiger partial charge in [-0.05, 0) is 124 Å². The van der Waals surface area contributed by atoms with Crippen LogP contribution in [0, 0.1) is 63.1 Å². The van der Waals surface area contributed by atoms with Crippen LogP contribution in [0.4, 0.5) is 8.78 Å². The lowest BCUT2D eigenvalue weighted by atomic mass is 9.37. The zero-order valence-corrected chi connectivity index (χ0v) is 34.1. The Morgan fingerprint density at radius 3 is 2.09 bits per heavy atom. The van der Waals surface area contributed by atoms with Crippen molar-refractivity contribution in [1.29, 1.82) is 0 Å². The van der Waals surface area contributed by atoms with Gasteiger partial charge < -0.3 is 25.1 Å². The van der Waals surface area contributed by atoms with Gasteiger partial charge in [-0.1, -0.05) is 61.0 Å². The lowest BCUT2D eigenvalue weighted by Crippen LogP contribution is -2.62. The van der Waals surface area contributed by atoms with Crippen LogP contribution >= 0.6 is 0 Å². The molecule has 12 atom stereocenters. The highest BCUT2D eigenvalue weighted by molar-refractivity contribution is 5.84. The van der Waals surface area contributed by atoms with E-state index in [1.807, 2.05) is 20.8 Å². The van der Waals surface area contributed by atoms with Gasteiger partial charge in [0, 0.05) is 18.9 Å². The Hall–Kier alpha value is -2.36. The number of esters is 1. The Morgan fingerprint density at radius 1 is 0.925 bits per heavy atom. The van der Waals surface area contributed by atoms with E-state index in [0.29, 0.717) is 23.7 Å². The molecule has 0 spiro atoms. The van der Waals surface area contributed by atoms with E-state index in [-0.39, 0.29) is 53.5 Å². The van der Waals surface area contributed by atoms with Gasteiger partial charge in [0.15, 0.2) is 0 Å². The Kier molecular flexibility index (Phi) is 15.0. The number of carbonyl (C=O) groups excluding carboxylic acids is 3. The average molecular weight is 752 g/mol. The fourth-order valence-corrected chi connectivity index (χ4v) is 12.7. The molecule has 6 aliphatic carbocycles. The summed E-state index contributed by atoms with van der Waals surface area (Å²) in [7, 11) is 1.00. The number of carbonyl (C=O) groups is 4. The van der Waals surface area contributed by atoms with Crippen LogP contribution in [0.25, 0.3) is 0 Å². The summed E-state index contributed by atoms with van der Waals surface area (Å²) in [6, 6.07) is -1.41. The summed E-state index contributed by atoms with van der Waals surface area (Å²) in [5.41, 5.74) is -1.07. The first-order chi connectivity index (χ1) is 24.9. The Balaban J connectivity index is 0.00000101. The molecular weight excluding hydrogens is 680 g/mol. The number of aliphatic carboxylic acids is 1. The van der Waals surface area contributed by atoms with Gasteiger partial charge >= 0.3 is 11.9 Å². The van der Waals surface area contributed by atoms with Crippen molar-refractivity contribution in [1.82, 2.24) is 5.32 Å². The number of halogens is 2. The number of carboxylic acids is 1. The zero-order chi connectivity index (χ0) is 40.2. The van der Waals surface area contributed by atoms with Gasteiger partial charge in [0.2, 0.25) is 5.91 Å². The largest absolute Gasteiger partial charge is 0.481 e. The number of alkyl halides is 2. The van der Waals surface area contributed by atoms with E-state index in [9.17, 15) is 33.1 Å². The summed E-state index contributed by atoms with van der Waals surface area (Å²) in [6.07, 6.45) is 12.1. The lowest BCUT2D eigenvalue weighted by molar-refractivity contribution is -0.202. The van der Waals surface area contributed by atoms with Gasteiger partial charge in [-0.3, -0.25) is 14.4 Å². The third kappa shape index (κ3) is 8.57. The van der Waals surface area contributed by atoms with Crippen LogP contribution in [0.15, 0.2) is 12.7 Å². The van der Waals surface area contributed by atoms with Gasteiger partial charge in [-0.25, -0.2) is 8.78 Å². The highest BCUT2D eigenvalue weighted by atomic mass is 19.3. The first-order valence-electron chi connectivity index (χ1n) is 20.5. The lowest BCUT2D eigenvalue weighted by Gasteiger charge is -2.67. The standard InChI is InChI=1S/C37H55F2NO6.C3H6.C2H6.CH4O/c1-21-24-10-14-35(5)25-11-16-36(32(45)40-29-17-22(31(43)44)18-37(29,38)39)13-6-7-26(36)23(25)8-9-28(35)34(24,4)15-12-27(21)46-30(42)19-33(2,3)20-41;1-3-2;2*1-2/h20-29H,6-19H2,1-5H3,(H,40,45)(H,43,44);3H,1H2,2H3;1-2H3;2H,1H3. The van der Waals surface area contributed by atoms with E-state index >= 15 is 0 Å². The first kappa shape index (κ1) is 45.0. The van der Waals surface area contributed by atoms with Crippen molar-refractivity contribution in [3.63, 3.8) is 0 Å². The maximum Gasteiger partial charge on any atom is 0.307 e. The molecule has 0 radical (unpaired) electrons. The number of ether oxygens (including phenoxy) is 1. The number of aldehydes is 1. The van der Waals surface area contributed by atoms with Crippen LogP contribution in [-0.2, 0) is 23.9 Å². The fourth-order valence-electron chi connectivity index (χ4n) is 12.7. The molecule has 6 fully saturated rings. The molecule has 10 heteroatoms. The number of amides is 1. The molecule has 6 aliphatic rings. The van der Waals surface area contributed by atoms with E-state index in [1.165, 1.54) is 0 Å².